The highest BCUT2D eigenvalue weighted by Gasteiger charge is 2.11. The van der Waals surface area contributed by atoms with E-state index in [9.17, 15) is 4.79 Å². The van der Waals surface area contributed by atoms with Gasteiger partial charge in [-0.25, -0.2) is 4.79 Å². The molecule has 21 heavy (non-hydrogen) atoms. The molecule has 0 aliphatic heterocycles. The maximum Gasteiger partial charge on any atom is 0.314 e. The monoisotopic (exact) mass is 290 g/mol. The zero-order valence-electron chi connectivity index (χ0n) is 12.9. The first-order chi connectivity index (χ1) is 10.3. The number of hydrogen-bond donors (Lipinski definition) is 2. The summed E-state index contributed by atoms with van der Waals surface area (Å²) >= 11 is 0. The van der Waals surface area contributed by atoms with Gasteiger partial charge in [0.25, 0.3) is 0 Å². The first-order valence-electron chi connectivity index (χ1n) is 8.06. The molecule has 0 fully saturated rings. The van der Waals surface area contributed by atoms with Gasteiger partial charge >= 0.3 is 6.03 Å². The highest BCUT2D eigenvalue weighted by Crippen LogP contribution is 2.25. The van der Waals surface area contributed by atoms with Gasteiger partial charge < -0.3 is 15.4 Å². The highest BCUT2D eigenvalue weighted by molar-refractivity contribution is 5.73. The molecule has 2 amide bonds. The van der Waals surface area contributed by atoms with E-state index >= 15 is 0 Å². The van der Waals surface area contributed by atoms with Crippen LogP contribution in [0.15, 0.2) is 18.2 Å². The number of aryl methyl sites for hydroxylation is 2. The van der Waals surface area contributed by atoms with Crippen LogP contribution in [0.25, 0.3) is 0 Å². The van der Waals surface area contributed by atoms with E-state index in [0.717, 1.165) is 38.0 Å². The van der Waals surface area contributed by atoms with E-state index in [1.807, 2.05) is 6.07 Å². The van der Waals surface area contributed by atoms with Gasteiger partial charge in [0.05, 0.1) is 6.54 Å². The zero-order chi connectivity index (χ0) is 14.9. The summed E-state index contributed by atoms with van der Waals surface area (Å²) in [7, 11) is 0. The van der Waals surface area contributed by atoms with Crippen LogP contribution in [0.2, 0.25) is 0 Å². The molecule has 0 radical (unpaired) electrons. The lowest BCUT2D eigenvalue weighted by molar-refractivity contribution is 0.236. The van der Waals surface area contributed by atoms with Crippen LogP contribution in [-0.4, -0.2) is 25.7 Å². The second kappa shape index (κ2) is 8.55. The third-order valence-corrected chi connectivity index (χ3v) is 3.79. The van der Waals surface area contributed by atoms with Crippen LogP contribution in [0, 0.1) is 0 Å². The number of amides is 2. The van der Waals surface area contributed by atoms with Crippen LogP contribution in [-0.2, 0) is 12.8 Å². The maximum absolute atomic E-state index is 11.5. The molecule has 0 atom stereocenters. The van der Waals surface area contributed by atoms with Crippen molar-refractivity contribution in [2.75, 3.05) is 19.7 Å². The van der Waals surface area contributed by atoms with Crippen molar-refractivity contribution in [3.05, 3.63) is 29.3 Å². The predicted molar refractivity (Wildman–Crippen MR) is 84.9 cm³/mol. The average molecular weight is 290 g/mol. The summed E-state index contributed by atoms with van der Waals surface area (Å²) in [6, 6.07) is 6.21. The Morgan fingerprint density at radius 2 is 1.95 bits per heavy atom. The normalized spacial score (nSPS) is 12.8. The van der Waals surface area contributed by atoms with Crippen molar-refractivity contribution >= 4 is 6.03 Å². The van der Waals surface area contributed by atoms with Crippen molar-refractivity contribution in [3.8, 4) is 5.75 Å². The van der Waals surface area contributed by atoms with Crippen LogP contribution in [0.4, 0.5) is 4.79 Å². The summed E-state index contributed by atoms with van der Waals surface area (Å²) in [6.07, 6.45) is 6.95. The summed E-state index contributed by atoms with van der Waals surface area (Å²) in [6.45, 7) is 3.92. The Bertz CT molecular complexity index is 460. The number of fused-ring (bicyclic) bond motifs is 1. The topological polar surface area (TPSA) is 50.4 Å². The van der Waals surface area contributed by atoms with E-state index in [-0.39, 0.29) is 6.03 Å². The van der Waals surface area contributed by atoms with Gasteiger partial charge in [-0.2, -0.15) is 0 Å². The first kappa shape index (κ1) is 15.7. The van der Waals surface area contributed by atoms with Crippen LogP contribution >= 0.6 is 0 Å². The Hall–Kier alpha value is -1.71. The average Bonchev–Trinajstić information content (AvgIpc) is 2.96. The quantitative estimate of drug-likeness (QED) is 0.723. The van der Waals surface area contributed by atoms with E-state index < -0.39 is 0 Å². The fourth-order valence-electron chi connectivity index (χ4n) is 2.61. The van der Waals surface area contributed by atoms with Crippen LogP contribution < -0.4 is 15.4 Å². The van der Waals surface area contributed by atoms with Gasteiger partial charge in [-0.05, 0) is 48.9 Å². The molecule has 0 unspecified atom stereocenters. The highest BCUT2D eigenvalue weighted by atomic mass is 16.5. The number of ether oxygens (including phenoxy) is 1. The van der Waals surface area contributed by atoms with Gasteiger partial charge in [0.1, 0.15) is 12.4 Å². The molecule has 0 aromatic heterocycles. The lowest BCUT2D eigenvalue weighted by Gasteiger charge is -2.10. The minimum Gasteiger partial charge on any atom is -0.492 e. The van der Waals surface area contributed by atoms with E-state index in [4.69, 9.17) is 4.74 Å². The van der Waals surface area contributed by atoms with Crippen molar-refractivity contribution < 1.29 is 9.53 Å². The Labute approximate surface area is 127 Å². The number of carbonyl (C=O) groups is 1. The van der Waals surface area contributed by atoms with Gasteiger partial charge in [0.15, 0.2) is 0 Å². The van der Waals surface area contributed by atoms with Crippen molar-refractivity contribution in [1.82, 2.24) is 10.6 Å². The third kappa shape index (κ3) is 5.29. The number of benzene rings is 1. The smallest absolute Gasteiger partial charge is 0.314 e. The summed E-state index contributed by atoms with van der Waals surface area (Å²) in [4.78, 5) is 11.5. The molecule has 2 N–H and O–H groups in total. The number of unbranched alkanes of at least 4 members (excludes halogenated alkanes) is 2. The van der Waals surface area contributed by atoms with Gasteiger partial charge in [-0.15, -0.1) is 0 Å². The third-order valence-electron chi connectivity index (χ3n) is 3.79. The molecule has 4 nitrogen and oxygen atoms in total. The molecule has 1 aromatic carbocycles. The molecule has 0 bridgehead atoms. The molecule has 0 saturated heterocycles. The van der Waals surface area contributed by atoms with E-state index in [0.29, 0.717) is 13.2 Å². The number of carbonyl (C=O) groups excluding carboxylic acids is 1. The Kier molecular flexibility index (Phi) is 6.38. The van der Waals surface area contributed by atoms with Gasteiger partial charge in [0.2, 0.25) is 0 Å². The molecular formula is C17H26N2O2. The number of hydrogen-bond acceptors (Lipinski definition) is 2. The predicted octanol–water partition coefficient (Wildman–Crippen LogP) is 3.04. The summed E-state index contributed by atoms with van der Waals surface area (Å²) in [5.41, 5.74) is 2.86. The van der Waals surface area contributed by atoms with Crippen molar-refractivity contribution in [2.24, 2.45) is 0 Å². The summed E-state index contributed by atoms with van der Waals surface area (Å²) in [5.74, 6) is 0.904. The van der Waals surface area contributed by atoms with Gasteiger partial charge in [-0.1, -0.05) is 25.8 Å². The minimum atomic E-state index is -0.108. The Balaban J connectivity index is 1.58. The molecule has 1 aliphatic carbocycles. The fraction of sp³-hybridized carbons (Fsp3) is 0.588. The molecule has 116 valence electrons. The maximum atomic E-state index is 11.5. The first-order valence-corrected chi connectivity index (χ1v) is 8.06. The summed E-state index contributed by atoms with van der Waals surface area (Å²) in [5, 5.41) is 5.65. The van der Waals surface area contributed by atoms with Crippen molar-refractivity contribution in [3.63, 3.8) is 0 Å². The molecule has 2 rings (SSSR count). The zero-order valence-corrected chi connectivity index (χ0v) is 12.9. The number of nitrogens with one attached hydrogen (secondary N) is 2. The molecule has 1 aliphatic rings. The van der Waals surface area contributed by atoms with E-state index in [1.54, 1.807) is 0 Å². The molecule has 0 saturated carbocycles. The lowest BCUT2D eigenvalue weighted by atomic mass is 10.1. The number of urea groups is 1. The SMILES string of the molecule is CCCCCNC(=O)NCCOc1ccc2c(c1)CCC2. The standard InChI is InChI=1S/C17H26N2O2/c1-2-3-4-10-18-17(20)19-11-12-21-16-9-8-14-6-5-7-15(14)13-16/h8-9,13H,2-7,10-12H2,1H3,(H2,18,19,20). The largest absolute Gasteiger partial charge is 0.492 e. The second-order valence-corrected chi connectivity index (χ2v) is 5.52. The Morgan fingerprint density at radius 3 is 2.81 bits per heavy atom. The van der Waals surface area contributed by atoms with Gasteiger partial charge in [0, 0.05) is 6.54 Å². The molecule has 0 spiro atoms. The minimum absolute atomic E-state index is 0.108. The molecule has 1 aromatic rings. The molecular weight excluding hydrogens is 264 g/mol. The summed E-state index contributed by atoms with van der Waals surface area (Å²) < 4.78 is 5.68. The van der Waals surface area contributed by atoms with Crippen LogP contribution in [0.1, 0.15) is 43.7 Å². The Morgan fingerprint density at radius 1 is 1.14 bits per heavy atom. The van der Waals surface area contributed by atoms with Crippen LogP contribution in [0.3, 0.4) is 0 Å². The number of rotatable bonds is 8. The second-order valence-electron chi connectivity index (χ2n) is 5.52. The molecule has 0 heterocycles. The van der Waals surface area contributed by atoms with Crippen LogP contribution in [0.5, 0.6) is 5.75 Å². The lowest BCUT2D eigenvalue weighted by Crippen LogP contribution is -2.38. The van der Waals surface area contributed by atoms with Gasteiger partial charge in [-0.3, -0.25) is 0 Å². The molecule has 4 heteroatoms. The van der Waals surface area contributed by atoms with E-state index in [2.05, 4.69) is 29.7 Å². The van der Waals surface area contributed by atoms with E-state index in [1.165, 1.54) is 24.0 Å². The van der Waals surface area contributed by atoms with Crippen molar-refractivity contribution in [2.45, 2.75) is 45.4 Å². The van der Waals surface area contributed by atoms with Crippen molar-refractivity contribution in [1.29, 1.82) is 0 Å². The fourth-order valence-corrected chi connectivity index (χ4v) is 2.61.